The lowest BCUT2D eigenvalue weighted by Gasteiger charge is -2.11. The van der Waals surface area contributed by atoms with E-state index in [1.54, 1.807) is 11.3 Å². The van der Waals surface area contributed by atoms with Crippen molar-refractivity contribution in [2.45, 2.75) is 19.9 Å². The van der Waals surface area contributed by atoms with Gasteiger partial charge in [0.2, 0.25) is 0 Å². The number of thiophene rings is 1. The highest BCUT2D eigenvalue weighted by atomic mass is 35.5. The summed E-state index contributed by atoms with van der Waals surface area (Å²) in [7, 11) is 0. The fraction of sp³-hybridized carbons (Fsp3) is 0.231. The summed E-state index contributed by atoms with van der Waals surface area (Å²) in [5.74, 6) is 0. The predicted molar refractivity (Wildman–Crippen MR) is 73.5 cm³/mol. The van der Waals surface area contributed by atoms with Crippen LogP contribution in [0.5, 0.6) is 0 Å². The summed E-state index contributed by atoms with van der Waals surface area (Å²) >= 11 is 1.71. The maximum Gasteiger partial charge on any atom is 0.0646 e. The van der Waals surface area contributed by atoms with E-state index in [0.29, 0.717) is 0 Å². The number of halogens is 1. The fourth-order valence-electron chi connectivity index (χ4n) is 1.82. The summed E-state index contributed by atoms with van der Waals surface area (Å²) in [6.45, 7) is 4.22. The summed E-state index contributed by atoms with van der Waals surface area (Å²) in [4.78, 5) is 1.22. The minimum atomic E-state index is 0. The number of hydrogen-bond acceptors (Lipinski definition) is 2. The molecule has 1 atom stereocenters. The molecule has 0 aliphatic rings. The first-order valence-electron chi connectivity index (χ1n) is 5.04. The van der Waals surface area contributed by atoms with Crippen molar-refractivity contribution >= 4 is 23.7 Å². The molecule has 0 fully saturated rings. The summed E-state index contributed by atoms with van der Waals surface area (Å²) in [5.41, 5.74) is 9.96. The second-order valence-corrected chi connectivity index (χ2v) is 4.89. The lowest BCUT2D eigenvalue weighted by Crippen LogP contribution is -2.10. The van der Waals surface area contributed by atoms with Gasteiger partial charge in [0.25, 0.3) is 0 Å². The molecule has 16 heavy (non-hydrogen) atoms. The first kappa shape index (κ1) is 13.2. The zero-order chi connectivity index (χ0) is 10.8. The Balaban J connectivity index is 0.00000128. The molecule has 1 nitrogen and oxygen atoms in total. The van der Waals surface area contributed by atoms with E-state index in [2.05, 4.69) is 43.5 Å². The third kappa shape index (κ3) is 2.85. The van der Waals surface area contributed by atoms with Crippen molar-refractivity contribution in [1.29, 1.82) is 0 Å². The largest absolute Gasteiger partial charge is 0.320 e. The summed E-state index contributed by atoms with van der Waals surface area (Å²) in [6.07, 6.45) is 0. The van der Waals surface area contributed by atoms with E-state index in [-0.39, 0.29) is 18.4 Å². The summed E-state index contributed by atoms with van der Waals surface area (Å²) < 4.78 is 0. The van der Waals surface area contributed by atoms with Gasteiger partial charge in [0.1, 0.15) is 0 Å². The molecule has 0 radical (unpaired) electrons. The Morgan fingerprint density at radius 3 is 2.25 bits per heavy atom. The second-order valence-electron chi connectivity index (χ2n) is 3.91. The van der Waals surface area contributed by atoms with Crippen LogP contribution in [-0.2, 0) is 0 Å². The summed E-state index contributed by atoms with van der Waals surface area (Å²) in [6, 6.07) is 10.7. The van der Waals surface area contributed by atoms with Gasteiger partial charge >= 0.3 is 0 Å². The summed E-state index contributed by atoms with van der Waals surface area (Å²) in [5, 5.41) is 2.07. The molecule has 86 valence electrons. The van der Waals surface area contributed by atoms with Gasteiger partial charge in [0, 0.05) is 4.88 Å². The number of rotatable bonds is 2. The molecule has 0 amide bonds. The average molecular weight is 254 g/mol. The van der Waals surface area contributed by atoms with Crippen LogP contribution < -0.4 is 5.73 Å². The Kier molecular flexibility index (Phi) is 4.54. The van der Waals surface area contributed by atoms with Crippen molar-refractivity contribution in [3.8, 4) is 0 Å². The molecule has 0 unspecified atom stereocenters. The third-order valence-corrected chi connectivity index (χ3v) is 3.41. The molecule has 3 heteroatoms. The minimum absolute atomic E-state index is 0. The van der Waals surface area contributed by atoms with Crippen molar-refractivity contribution in [3.05, 3.63) is 57.3 Å². The van der Waals surface area contributed by atoms with E-state index in [4.69, 9.17) is 5.73 Å². The fourth-order valence-corrected chi connectivity index (χ4v) is 2.58. The van der Waals surface area contributed by atoms with E-state index < -0.39 is 0 Å². The van der Waals surface area contributed by atoms with Crippen LogP contribution in [0, 0.1) is 13.8 Å². The highest BCUT2D eigenvalue weighted by Crippen LogP contribution is 2.25. The standard InChI is InChI=1S/C13H15NS.ClH/c1-9-6-10(2)8-11(7-9)13(14)12-4-3-5-15-12;/h3-8,13H,14H2,1-2H3;1H/t13-;/m1./s1. The average Bonchev–Trinajstić information content (AvgIpc) is 2.67. The van der Waals surface area contributed by atoms with Gasteiger partial charge in [0.05, 0.1) is 6.04 Å². The molecule has 0 saturated heterocycles. The van der Waals surface area contributed by atoms with Gasteiger partial charge in [-0.15, -0.1) is 23.7 Å². The number of hydrogen-bond donors (Lipinski definition) is 1. The van der Waals surface area contributed by atoms with Crippen molar-refractivity contribution in [3.63, 3.8) is 0 Å². The Morgan fingerprint density at radius 1 is 1.12 bits per heavy atom. The molecule has 2 N–H and O–H groups in total. The normalized spacial score (nSPS) is 11.9. The highest BCUT2D eigenvalue weighted by molar-refractivity contribution is 7.10. The molecular weight excluding hydrogens is 238 g/mol. The molecule has 0 aliphatic heterocycles. The highest BCUT2D eigenvalue weighted by Gasteiger charge is 2.10. The Morgan fingerprint density at radius 2 is 1.75 bits per heavy atom. The van der Waals surface area contributed by atoms with E-state index in [9.17, 15) is 0 Å². The van der Waals surface area contributed by atoms with Crippen LogP contribution in [-0.4, -0.2) is 0 Å². The van der Waals surface area contributed by atoms with Crippen LogP contribution in [0.1, 0.15) is 27.6 Å². The van der Waals surface area contributed by atoms with Crippen LogP contribution in [0.25, 0.3) is 0 Å². The van der Waals surface area contributed by atoms with E-state index in [1.165, 1.54) is 21.6 Å². The maximum absolute atomic E-state index is 6.21. The van der Waals surface area contributed by atoms with Gasteiger partial charge in [0.15, 0.2) is 0 Å². The van der Waals surface area contributed by atoms with Crippen LogP contribution in [0.4, 0.5) is 0 Å². The SMILES string of the molecule is Cc1cc(C)cc([C@@H](N)c2cccs2)c1.Cl. The van der Waals surface area contributed by atoms with Crippen LogP contribution in [0.15, 0.2) is 35.7 Å². The number of aryl methyl sites for hydroxylation is 2. The van der Waals surface area contributed by atoms with Crippen molar-refractivity contribution in [1.82, 2.24) is 0 Å². The van der Waals surface area contributed by atoms with Gasteiger partial charge in [-0.3, -0.25) is 0 Å². The molecule has 0 bridgehead atoms. The first-order valence-corrected chi connectivity index (χ1v) is 5.92. The first-order chi connectivity index (χ1) is 7.16. The third-order valence-electron chi connectivity index (χ3n) is 2.45. The van der Waals surface area contributed by atoms with Gasteiger partial charge in [-0.1, -0.05) is 35.4 Å². The maximum atomic E-state index is 6.21. The molecular formula is C13H16ClNS. The number of nitrogens with two attached hydrogens (primary N) is 1. The molecule has 0 aliphatic carbocycles. The van der Waals surface area contributed by atoms with Crippen molar-refractivity contribution in [2.24, 2.45) is 5.73 Å². The molecule has 2 aromatic rings. The molecule has 1 heterocycles. The monoisotopic (exact) mass is 253 g/mol. The van der Waals surface area contributed by atoms with E-state index in [1.807, 2.05) is 6.07 Å². The van der Waals surface area contributed by atoms with Crippen LogP contribution >= 0.6 is 23.7 Å². The molecule has 1 aromatic heterocycles. The lowest BCUT2D eigenvalue weighted by molar-refractivity contribution is 0.889. The Hall–Kier alpha value is -0.830. The predicted octanol–water partition coefficient (Wildman–Crippen LogP) is 3.83. The van der Waals surface area contributed by atoms with Gasteiger partial charge in [-0.25, -0.2) is 0 Å². The van der Waals surface area contributed by atoms with Gasteiger partial charge < -0.3 is 5.73 Å². The van der Waals surface area contributed by atoms with Crippen molar-refractivity contribution in [2.75, 3.05) is 0 Å². The molecule has 0 spiro atoms. The molecule has 1 aromatic carbocycles. The quantitative estimate of drug-likeness (QED) is 0.865. The number of benzene rings is 1. The lowest BCUT2D eigenvalue weighted by atomic mass is 10.0. The minimum Gasteiger partial charge on any atom is -0.320 e. The van der Waals surface area contributed by atoms with E-state index in [0.717, 1.165) is 0 Å². The smallest absolute Gasteiger partial charge is 0.0646 e. The molecule has 0 saturated carbocycles. The van der Waals surface area contributed by atoms with Crippen LogP contribution in [0.3, 0.4) is 0 Å². The second kappa shape index (κ2) is 5.48. The Bertz CT molecular complexity index is 431. The van der Waals surface area contributed by atoms with Crippen LogP contribution in [0.2, 0.25) is 0 Å². The van der Waals surface area contributed by atoms with Gasteiger partial charge in [-0.05, 0) is 30.9 Å². The Labute approximate surface area is 107 Å². The zero-order valence-corrected chi connectivity index (χ0v) is 11.1. The van der Waals surface area contributed by atoms with Crippen molar-refractivity contribution < 1.29 is 0 Å². The van der Waals surface area contributed by atoms with E-state index >= 15 is 0 Å². The zero-order valence-electron chi connectivity index (χ0n) is 9.44. The van der Waals surface area contributed by atoms with Gasteiger partial charge in [-0.2, -0.15) is 0 Å². The topological polar surface area (TPSA) is 26.0 Å². The molecule has 2 rings (SSSR count).